The SMILES string of the molecule is CCCCCc1ccc([C@H]2CO[C@H](CCCC)CO2)cc1. The lowest BCUT2D eigenvalue weighted by molar-refractivity contribution is -0.137. The number of hydrogen-bond acceptors (Lipinski definition) is 2. The Morgan fingerprint density at radius 1 is 0.905 bits per heavy atom. The van der Waals surface area contributed by atoms with E-state index >= 15 is 0 Å². The Morgan fingerprint density at radius 2 is 1.67 bits per heavy atom. The van der Waals surface area contributed by atoms with Gasteiger partial charge in [-0.3, -0.25) is 0 Å². The minimum atomic E-state index is 0.118. The van der Waals surface area contributed by atoms with Gasteiger partial charge in [0.25, 0.3) is 0 Å². The molecule has 2 heteroatoms. The fourth-order valence-corrected chi connectivity index (χ4v) is 2.81. The van der Waals surface area contributed by atoms with Crippen LogP contribution in [0.15, 0.2) is 24.3 Å². The molecular weight excluding hydrogens is 260 g/mol. The van der Waals surface area contributed by atoms with E-state index in [2.05, 4.69) is 38.1 Å². The molecule has 2 nitrogen and oxygen atoms in total. The van der Waals surface area contributed by atoms with Crippen molar-refractivity contribution in [3.8, 4) is 0 Å². The van der Waals surface area contributed by atoms with Crippen LogP contribution in [0.4, 0.5) is 0 Å². The summed E-state index contributed by atoms with van der Waals surface area (Å²) in [6.45, 7) is 5.90. The molecular formula is C19H30O2. The molecule has 118 valence electrons. The molecule has 1 aliphatic rings. The van der Waals surface area contributed by atoms with Crippen LogP contribution < -0.4 is 0 Å². The van der Waals surface area contributed by atoms with Crippen molar-refractivity contribution < 1.29 is 9.47 Å². The summed E-state index contributed by atoms with van der Waals surface area (Å²) >= 11 is 0. The van der Waals surface area contributed by atoms with Gasteiger partial charge in [0.05, 0.1) is 19.3 Å². The first-order valence-electron chi connectivity index (χ1n) is 8.65. The van der Waals surface area contributed by atoms with Gasteiger partial charge in [-0.05, 0) is 30.4 Å². The molecule has 21 heavy (non-hydrogen) atoms. The molecule has 0 amide bonds. The highest BCUT2D eigenvalue weighted by Gasteiger charge is 2.22. The normalized spacial score (nSPS) is 22.4. The van der Waals surface area contributed by atoms with Crippen molar-refractivity contribution >= 4 is 0 Å². The maximum Gasteiger partial charge on any atom is 0.106 e. The fraction of sp³-hybridized carbons (Fsp3) is 0.684. The third kappa shape index (κ3) is 5.44. The lowest BCUT2D eigenvalue weighted by atomic mass is 10.0. The molecule has 0 N–H and O–H groups in total. The molecule has 1 saturated heterocycles. The van der Waals surface area contributed by atoms with Gasteiger partial charge >= 0.3 is 0 Å². The third-order valence-corrected chi connectivity index (χ3v) is 4.27. The molecule has 0 aliphatic carbocycles. The highest BCUT2D eigenvalue weighted by Crippen LogP contribution is 2.25. The van der Waals surface area contributed by atoms with Crippen molar-refractivity contribution in [3.63, 3.8) is 0 Å². The second-order valence-electron chi connectivity index (χ2n) is 6.12. The molecule has 0 bridgehead atoms. The first-order chi connectivity index (χ1) is 10.3. The zero-order valence-corrected chi connectivity index (χ0v) is 13.6. The van der Waals surface area contributed by atoms with Gasteiger partial charge in [0.1, 0.15) is 6.10 Å². The van der Waals surface area contributed by atoms with Crippen molar-refractivity contribution in [2.45, 2.75) is 71.0 Å². The number of benzene rings is 1. The zero-order chi connectivity index (χ0) is 14.9. The van der Waals surface area contributed by atoms with E-state index in [1.807, 2.05) is 0 Å². The van der Waals surface area contributed by atoms with Gasteiger partial charge < -0.3 is 9.47 Å². The average molecular weight is 290 g/mol. The molecule has 0 spiro atoms. The topological polar surface area (TPSA) is 18.5 Å². The van der Waals surface area contributed by atoms with E-state index in [0.717, 1.165) is 13.0 Å². The van der Waals surface area contributed by atoms with E-state index in [1.54, 1.807) is 0 Å². The summed E-state index contributed by atoms with van der Waals surface area (Å²) in [7, 11) is 0. The molecule has 0 aromatic heterocycles. The van der Waals surface area contributed by atoms with Crippen molar-refractivity contribution in [2.24, 2.45) is 0 Å². The molecule has 0 saturated carbocycles. The van der Waals surface area contributed by atoms with Crippen LogP contribution in [0.2, 0.25) is 0 Å². The zero-order valence-electron chi connectivity index (χ0n) is 13.6. The van der Waals surface area contributed by atoms with E-state index in [1.165, 1.54) is 49.7 Å². The van der Waals surface area contributed by atoms with E-state index in [-0.39, 0.29) is 6.10 Å². The number of rotatable bonds is 8. The predicted molar refractivity (Wildman–Crippen MR) is 87.6 cm³/mol. The van der Waals surface area contributed by atoms with Gasteiger partial charge in [0.2, 0.25) is 0 Å². The molecule has 1 aliphatic heterocycles. The van der Waals surface area contributed by atoms with Crippen LogP contribution in [-0.4, -0.2) is 19.3 Å². The van der Waals surface area contributed by atoms with Gasteiger partial charge in [-0.15, -0.1) is 0 Å². The first-order valence-corrected chi connectivity index (χ1v) is 8.65. The monoisotopic (exact) mass is 290 g/mol. The summed E-state index contributed by atoms with van der Waals surface area (Å²) in [5, 5.41) is 0. The summed E-state index contributed by atoms with van der Waals surface area (Å²) in [6.07, 6.45) is 9.08. The molecule has 1 fully saturated rings. The van der Waals surface area contributed by atoms with Crippen LogP contribution in [0.3, 0.4) is 0 Å². The van der Waals surface area contributed by atoms with Crippen LogP contribution in [0.1, 0.15) is 69.6 Å². The second kappa shape index (κ2) is 9.22. The Kier molecular flexibility index (Phi) is 7.25. The smallest absolute Gasteiger partial charge is 0.106 e. The Morgan fingerprint density at radius 3 is 2.29 bits per heavy atom. The minimum Gasteiger partial charge on any atom is -0.373 e. The van der Waals surface area contributed by atoms with Gasteiger partial charge in [-0.1, -0.05) is 63.8 Å². The lowest BCUT2D eigenvalue weighted by Crippen LogP contribution is -2.31. The molecule has 0 radical (unpaired) electrons. The number of aryl methyl sites for hydroxylation is 1. The first kappa shape index (κ1) is 16.5. The Hall–Kier alpha value is -0.860. The maximum atomic E-state index is 5.99. The van der Waals surface area contributed by atoms with Crippen molar-refractivity contribution in [3.05, 3.63) is 35.4 Å². The molecule has 1 aromatic carbocycles. The minimum absolute atomic E-state index is 0.118. The molecule has 0 unspecified atom stereocenters. The second-order valence-corrected chi connectivity index (χ2v) is 6.12. The van der Waals surface area contributed by atoms with Crippen molar-refractivity contribution in [2.75, 3.05) is 13.2 Å². The van der Waals surface area contributed by atoms with E-state index in [9.17, 15) is 0 Å². The predicted octanol–water partition coefficient (Wildman–Crippen LogP) is 5.07. The van der Waals surface area contributed by atoms with E-state index in [4.69, 9.17) is 9.47 Å². The van der Waals surface area contributed by atoms with Crippen LogP contribution in [-0.2, 0) is 15.9 Å². The van der Waals surface area contributed by atoms with E-state index in [0.29, 0.717) is 12.7 Å². The average Bonchev–Trinajstić information content (AvgIpc) is 2.54. The van der Waals surface area contributed by atoms with Crippen LogP contribution in [0, 0.1) is 0 Å². The maximum absolute atomic E-state index is 5.99. The number of unbranched alkanes of at least 4 members (excludes halogenated alkanes) is 3. The third-order valence-electron chi connectivity index (χ3n) is 4.27. The van der Waals surface area contributed by atoms with Crippen LogP contribution >= 0.6 is 0 Å². The molecule has 1 aromatic rings. The Balaban J connectivity index is 1.78. The highest BCUT2D eigenvalue weighted by atomic mass is 16.6. The van der Waals surface area contributed by atoms with Gasteiger partial charge in [0.15, 0.2) is 0 Å². The Labute approximate surface area is 129 Å². The number of hydrogen-bond donors (Lipinski definition) is 0. The van der Waals surface area contributed by atoms with Gasteiger partial charge in [-0.25, -0.2) is 0 Å². The summed E-state index contributed by atoms with van der Waals surface area (Å²) < 4.78 is 11.9. The summed E-state index contributed by atoms with van der Waals surface area (Å²) in [4.78, 5) is 0. The summed E-state index contributed by atoms with van der Waals surface area (Å²) in [5.41, 5.74) is 2.69. The summed E-state index contributed by atoms with van der Waals surface area (Å²) in [5.74, 6) is 0. The lowest BCUT2D eigenvalue weighted by Gasteiger charge is -2.30. The number of ether oxygens (including phenoxy) is 2. The standard InChI is InChI=1S/C19H30O2/c1-3-5-7-8-16-10-12-17(13-11-16)19-15-20-18(14-21-19)9-6-4-2/h10-13,18-19H,3-9,14-15H2,1-2H3/t18-,19-/m1/s1. The summed E-state index contributed by atoms with van der Waals surface area (Å²) in [6, 6.07) is 8.92. The fourth-order valence-electron chi connectivity index (χ4n) is 2.81. The highest BCUT2D eigenvalue weighted by molar-refractivity contribution is 5.24. The molecule has 2 rings (SSSR count). The molecule has 2 atom stereocenters. The van der Waals surface area contributed by atoms with E-state index < -0.39 is 0 Å². The van der Waals surface area contributed by atoms with Crippen LogP contribution in [0.25, 0.3) is 0 Å². The van der Waals surface area contributed by atoms with Gasteiger partial charge in [-0.2, -0.15) is 0 Å². The van der Waals surface area contributed by atoms with Crippen LogP contribution in [0.5, 0.6) is 0 Å². The molecule has 1 heterocycles. The van der Waals surface area contributed by atoms with Crippen molar-refractivity contribution in [1.29, 1.82) is 0 Å². The quantitative estimate of drug-likeness (QED) is 0.623. The largest absolute Gasteiger partial charge is 0.373 e. The van der Waals surface area contributed by atoms with Gasteiger partial charge in [0, 0.05) is 0 Å². The van der Waals surface area contributed by atoms with Crippen molar-refractivity contribution in [1.82, 2.24) is 0 Å². The Bertz CT molecular complexity index is 377.